The molecule has 2 fully saturated rings. The number of hydrogen-bond acceptors (Lipinski definition) is 3. The average molecular weight is 309 g/mol. The van der Waals surface area contributed by atoms with E-state index in [9.17, 15) is 14.4 Å². The van der Waals surface area contributed by atoms with E-state index >= 15 is 0 Å². The Morgan fingerprint density at radius 2 is 1.77 bits per heavy atom. The van der Waals surface area contributed by atoms with E-state index in [4.69, 9.17) is 0 Å². The molecule has 0 bridgehead atoms. The summed E-state index contributed by atoms with van der Waals surface area (Å²) >= 11 is 0. The minimum Gasteiger partial charge on any atom is -0.349 e. The quantitative estimate of drug-likeness (QED) is 0.771. The first-order valence-electron chi connectivity index (χ1n) is 8.16. The second-order valence-corrected chi connectivity index (χ2v) is 6.60. The van der Waals surface area contributed by atoms with Crippen LogP contribution in [0.4, 0.5) is 0 Å². The zero-order chi connectivity index (χ0) is 16.3. The average Bonchev–Trinajstić information content (AvgIpc) is 2.49. The molecule has 2 aliphatic heterocycles. The smallest absolute Gasteiger partial charge is 0.226 e. The lowest BCUT2D eigenvalue weighted by Crippen LogP contribution is -2.52. The van der Waals surface area contributed by atoms with Crippen molar-refractivity contribution in [1.82, 2.24) is 14.7 Å². The van der Waals surface area contributed by atoms with Crippen LogP contribution in [0.2, 0.25) is 0 Å². The van der Waals surface area contributed by atoms with Gasteiger partial charge in [0, 0.05) is 59.0 Å². The van der Waals surface area contributed by atoms with Crippen LogP contribution in [0.25, 0.3) is 0 Å². The Morgan fingerprint density at radius 1 is 1.14 bits per heavy atom. The second-order valence-electron chi connectivity index (χ2n) is 6.60. The van der Waals surface area contributed by atoms with Gasteiger partial charge < -0.3 is 14.7 Å². The van der Waals surface area contributed by atoms with E-state index in [0.717, 1.165) is 45.3 Å². The Kier molecular flexibility index (Phi) is 5.42. The zero-order valence-electron chi connectivity index (χ0n) is 13.9. The molecule has 6 heteroatoms. The molecule has 0 aliphatic carbocycles. The van der Waals surface area contributed by atoms with Gasteiger partial charge in [-0.05, 0) is 25.7 Å². The van der Waals surface area contributed by atoms with Crippen LogP contribution in [0.15, 0.2) is 0 Å². The lowest BCUT2D eigenvalue weighted by Gasteiger charge is -2.42. The summed E-state index contributed by atoms with van der Waals surface area (Å²) in [5.74, 6) is 0.0849. The maximum absolute atomic E-state index is 12.7. The maximum atomic E-state index is 12.7. The standard InChI is InChI=1S/C16H27N3O3/c1-12(20)18-9-6-14(7-10-18)19-8-4-5-13(16(19)22)11-15(21)17(2)3/h13-14H,4-11H2,1-3H3. The van der Waals surface area contributed by atoms with Crippen molar-refractivity contribution in [3.63, 3.8) is 0 Å². The summed E-state index contributed by atoms with van der Waals surface area (Å²) in [6.07, 6.45) is 3.78. The second kappa shape index (κ2) is 7.11. The Bertz CT molecular complexity index is 442. The molecule has 22 heavy (non-hydrogen) atoms. The summed E-state index contributed by atoms with van der Waals surface area (Å²) in [5, 5.41) is 0. The normalized spacial score (nSPS) is 23.6. The zero-order valence-corrected chi connectivity index (χ0v) is 13.9. The SMILES string of the molecule is CC(=O)N1CCC(N2CCCC(CC(=O)N(C)C)C2=O)CC1. The van der Waals surface area contributed by atoms with Crippen LogP contribution in [-0.4, -0.2) is 72.2 Å². The summed E-state index contributed by atoms with van der Waals surface area (Å²) in [6.45, 7) is 3.83. The predicted molar refractivity (Wildman–Crippen MR) is 83.0 cm³/mol. The monoisotopic (exact) mass is 309 g/mol. The molecule has 0 N–H and O–H groups in total. The van der Waals surface area contributed by atoms with Crippen molar-refractivity contribution in [1.29, 1.82) is 0 Å². The Morgan fingerprint density at radius 3 is 2.32 bits per heavy atom. The van der Waals surface area contributed by atoms with Gasteiger partial charge in [-0.3, -0.25) is 14.4 Å². The highest BCUT2D eigenvalue weighted by Crippen LogP contribution is 2.27. The molecule has 2 heterocycles. The van der Waals surface area contributed by atoms with Gasteiger partial charge in [0.1, 0.15) is 0 Å². The molecule has 2 rings (SSSR count). The van der Waals surface area contributed by atoms with Gasteiger partial charge in [-0.1, -0.05) is 0 Å². The fourth-order valence-corrected chi connectivity index (χ4v) is 3.41. The van der Waals surface area contributed by atoms with E-state index < -0.39 is 0 Å². The van der Waals surface area contributed by atoms with Crippen molar-refractivity contribution < 1.29 is 14.4 Å². The lowest BCUT2D eigenvalue weighted by atomic mass is 9.90. The number of rotatable bonds is 3. The molecule has 3 amide bonds. The predicted octanol–water partition coefficient (Wildman–Crippen LogP) is 0.714. The largest absolute Gasteiger partial charge is 0.349 e. The first kappa shape index (κ1) is 16.8. The van der Waals surface area contributed by atoms with E-state index in [1.807, 2.05) is 9.80 Å². The number of carbonyl (C=O) groups excluding carboxylic acids is 3. The van der Waals surface area contributed by atoms with Crippen molar-refractivity contribution in [2.45, 2.75) is 45.1 Å². The van der Waals surface area contributed by atoms with Gasteiger partial charge in [0.25, 0.3) is 0 Å². The third kappa shape index (κ3) is 3.78. The molecule has 0 spiro atoms. The molecule has 6 nitrogen and oxygen atoms in total. The van der Waals surface area contributed by atoms with Crippen molar-refractivity contribution in [3.8, 4) is 0 Å². The summed E-state index contributed by atoms with van der Waals surface area (Å²) < 4.78 is 0. The molecule has 124 valence electrons. The molecule has 0 aromatic rings. The highest BCUT2D eigenvalue weighted by atomic mass is 16.2. The van der Waals surface area contributed by atoms with E-state index in [0.29, 0.717) is 6.42 Å². The fourth-order valence-electron chi connectivity index (χ4n) is 3.41. The highest BCUT2D eigenvalue weighted by Gasteiger charge is 2.36. The first-order valence-corrected chi connectivity index (χ1v) is 8.16. The van der Waals surface area contributed by atoms with E-state index in [2.05, 4.69) is 0 Å². The minimum atomic E-state index is -0.172. The molecular weight excluding hydrogens is 282 g/mol. The van der Waals surface area contributed by atoms with Crippen molar-refractivity contribution in [2.24, 2.45) is 5.92 Å². The van der Waals surface area contributed by atoms with Crippen LogP contribution in [0.1, 0.15) is 39.0 Å². The van der Waals surface area contributed by atoms with Crippen LogP contribution in [0, 0.1) is 5.92 Å². The number of piperidine rings is 2. The topological polar surface area (TPSA) is 60.9 Å². The number of hydrogen-bond donors (Lipinski definition) is 0. The summed E-state index contributed by atoms with van der Waals surface area (Å²) in [5.41, 5.74) is 0. The number of likely N-dealkylation sites (tertiary alicyclic amines) is 2. The van der Waals surface area contributed by atoms with Crippen molar-refractivity contribution in [3.05, 3.63) is 0 Å². The summed E-state index contributed by atoms with van der Waals surface area (Å²) in [7, 11) is 3.45. The fraction of sp³-hybridized carbons (Fsp3) is 0.812. The van der Waals surface area contributed by atoms with Gasteiger partial charge in [-0.15, -0.1) is 0 Å². The Labute approximate surface area is 132 Å². The van der Waals surface area contributed by atoms with Gasteiger partial charge in [0.15, 0.2) is 0 Å². The molecule has 1 atom stereocenters. The molecule has 2 aliphatic rings. The van der Waals surface area contributed by atoms with Crippen LogP contribution in [0.3, 0.4) is 0 Å². The van der Waals surface area contributed by atoms with E-state index in [-0.39, 0.29) is 29.7 Å². The van der Waals surface area contributed by atoms with Crippen LogP contribution < -0.4 is 0 Å². The lowest BCUT2D eigenvalue weighted by molar-refractivity contribution is -0.146. The summed E-state index contributed by atoms with van der Waals surface area (Å²) in [4.78, 5) is 41.3. The maximum Gasteiger partial charge on any atom is 0.226 e. The molecule has 2 saturated heterocycles. The van der Waals surface area contributed by atoms with Gasteiger partial charge in [-0.25, -0.2) is 0 Å². The molecular formula is C16H27N3O3. The Hall–Kier alpha value is -1.59. The molecule has 1 unspecified atom stereocenters. The third-order valence-corrected chi connectivity index (χ3v) is 4.85. The third-order valence-electron chi connectivity index (χ3n) is 4.85. The molecule has 0 aromatic carbocycles. The Balaban J connectivity index is 1.93. The summed E-state index contributed by atoms with van der Waals surface area (Å²) in [6, 6.07) is 0.223. The van der Waals surface area contributed by atoms with Crippen molar-refractivity contribution >= 4 is 17.7 Å². The van der Waals surface area contributed by atoms with E-state index in [1.165, 1.54) is 0 Å². The van der Waals surface area contributed by atoms with Crippen LogP contribution >= 0.6 is 0 Å². The molecule has 0 aromatic heterocycles. The van der Waals surface area contributed by atoms with E-state index in [1.54, 1.807) is 25.9 Å². The van der Waals surface area contributed by atoms with Crippen molar-refractivity contribution in [2.75, 3.05) is 33.7 Å². The van der Waals surface area contributed by atoms with Crippen LogP contribution in [-0.2, 0) is 14.4 Å². The van der Waals surface area contributed by atoms with Gasteiger partial charge in [0.2, 0.25) is 17.7 Å². The number of amides is 3. The molecule has 0 saturated carbocycles. The number of nitrogens with zero attached hydrogens (tertiary/aromatic N) is 3. The molecule has 0 radical (unpaired) electrons. The number of carbonyl (C=O) groups is 3. The van der Waals surface area contributed by atoms with Gasteiger partial charge in [0.05, 0.1) is 0 Å². The minimum absolute atomic E-state index is 0.0200. The first-order chi connectivity index (χ1) is 10.4. The van der Waals surface area contributed by atoms with Gasteiger partial charge in [-0.2, -0.15) is 0 Å². The highest BCUT2D eigenvalue weighted by molar-refractivity contribution is 5.86. The van der Waals surface area contributed by atoms with Crippen LogP contribution in [0.5, 0.6) is 0 Å². The van der Waals surface area contributed by atoms with Gasteiger partial charge >= 0.3 is 0 Å².